The number of sulfonamides is 1. The highest BCUT2D eigenvalue weighted by Crippen LogP contribution is 2.19. The zero-order chi connectivity index (χ0) is 22.6. The molecule has 0 spiro atoms. The topological polar surface area (TPSA) is 95.8 Å². The van der Waals surface area contributed by atoms with Gasteiger partial charge in [-0.3, -0.25) is 0 Å². The summed E-state index contributed by atoms with van der Waals surface area (Å²) < 4.78 is 45.2. The predicted octanol–water partition coefficient (Wildman–Crippen LogP) is 2.74. The number of amides is 2. The molecule has 32 heavy (non-hydrogen) atoms. The second kappa shape index (κ2) is 9.49. The number of piperazine rings is 1. The van der Waals surface area contributed by atoms with E-state index >= 15 is 0 Å². The van der Waals surface area contributed by atoms with Gasteiger partial charge in [0.25, 0.3) is 0 Å². The minimum Gasteiger partial charge on any atom is -0.444 e. The van der Waals surface area contributed by atoms with Crippen LogP contribution in [0.3, 0.4) is 0 Å². The number of rotatable bonds is 6. The van der Waals surface area contributed by atoms with Gasteiger partial charge in [-0.05, 0) is 36.4 Å². The number of benzene rings is 2. The Morgan fingerprint density at radius 2 is 1.72 bits per heavy atom. The van der Waals surface area contributed by atoms with E-state index in [2.05, 4.69) is 10.3 Å². The highest BCUT2D eigenvalue weighted by atomic mass is 32.2. The maximum atomic E-state index is 13.0. The summed E-state index contributed by atoms with van der Waals surface area (Å²) in [6.45, 7) is 1.48. The Labute approximate surface area is 185 Å². The Morgan fingerprint density at radius 1 is 1.03 bits per heavy atom. The van der Waals surface area contributed by atoms with Crippen molar-refractivity contribution in [2.45, 2.75) is 11.3 Å². The van der Waals surface area contributed by atoms with E-state index in [1.165, 1.54) is 22.7 Å². The first-order valence-corrected chi connectivity index (χ1v) is 11.7. The molecule has 1 aromatic heterocycles. The zero-order valence-corrected chi connectivity index (χ0v) is 18.1. The predicted molar refractivity (Wildman–Crippen MR) is 116 cm³/mol. The molecule has 0 atom stereocenters. The fraction of sp³-hybridized carbons (Fsp3) is 0.273. The third-order valence-corrected chi connectivity index (χ3v) is 7.12. The summed E-state index contributed by atoms with van der Waals surface area (Å²) >= 11 is 0. The summed E-state index contributed by atoms with van der Waals surface area (Å²) in [5, 5.41) is 2.83. The lowest BCUT2D eigenvalue weighted by Crippen LogP contribution is -2.53. The van der Waals surface area contributed by atoms with Crippen molar-refractivity contribution >= 4 is 16.1 Å². The molecule has 1 fully saturated rings. The van der Waals surface area contributed by atoms with Crippen molar-refractivity contribution in [2.75, 3.05) is 32.7 Å². The average molecular weight is 459 g/mol. The van der Waals surface area contributed by atoms with Crippen LogP contribution in [-0.4, -0.2) is 61.4 Å². The lowest BCUT2D eigenvalue weighted by molar-refractivity contribution is 0.172. The van der Waals surface area contributed by atoms with E-state index in [-0.39, 0.29) is 29.8 Å². The maximum Gasteiger partial charge on any atom is 0.317 e. The van der Waals surface area contributed by atoms with Crippen molar-refractivity contribution in [1.29, 1.82) is 0 Å². The first-order chi connectivity index (χ1) is 15.4. The second-order valence-electron chi connectivity index (χ2n) is 7.34. The number of oxazole rings is 1. The Kier molecular flexibility index (Phi) is 6.52. The van der Waals surface area contributed by atoms with E-state index in [9.17, 15) is 17.6 Å². The summed E-state index contributed by atoms with van der Waals surface area (Å²) in [6, 6.07) is 13.9. The summed E-state index contributed by atoms with van der Waals surface area (Å²) in [5.74, 6) is 0.0591. The average Bonchev–Trinajstić information content (AvgIpc) is 3.29. The number of hydrogen-bond donors (Lipinski definition) is 1. The molecule has 2 aromatic carbocycles. The van der Waals surface area contributed by atoms with Gasteiger partial charge < -0.3 is 14.6 Å². The molecule has 0 saturated carbocycles. The van der Waals surface area contributed by atoms with Gasteiger partial charge >= 0.3 is 6.03 Å². The van der Waals surface area contributed by atoms with Gasteiger partial charge in [-0.15, -0.1) is 0 Å². The molecule has 2 heterocycles. The number of nitrogens with one attached hydrogen (secondary N) is 1. The van der Waals surface area contributed by atoms with Gasteiger partial charge in [-0.25, -0.2) is 22.6 Å². The first-order valence-electron chi connectivity index (χ1n) is 10.2. The van der Waals surface area contributed by atoms with Gasteiger partial charge in [0.1, 0.15) is 12.1 Å². The molecule has 4 rings (SSSR count). The molecule has 10 heteroatoms. The van der Waals surface area contributed by atoms with Crippen LogP contribution in [0.5, 0.6) is 0 Å². The van der Waals surface area contributed by atoms with Gasteiger partial charge in [-0.1, -0.05) is 18.2 Å². The standard InChI is InChI=1S/C22H23FN4O4S/c23-18-8-6-17(7-9-18)21-25-19(16-31-21)10-11-24-22(28)26-12-14-27(15-13-26)32(29,30)20-4-2-1-3-5-20/h1-9,16H,10-15H2,(H,24,28). The highest BCUT2D eigenvalue weighted by Gasteiger charge is 2.29. The number of hydrogen-bond acceptors (Lipinski definition) is 5. The Morgan fingerprint density at radius 3 is 2.41 bits per heavy atom. The first kappa shape index (κ1) is 22.0. The van der Waals surface area contributed by atoms with Crippen molar-refractivity contribution in [1.82, 2.24) is 19.5 Å². The largest absolute Gasteiger partial charge is 0.444 e. The van der Waals surface area contributed by atoms with Crippen LogP contribution in [-0.2, 0) is 16.4 Å². The van der Waals surface area contributed by atoms with Crippen LogP contribution in [0.15, 0.2) is 70.2 Å². The van der Waals surface area contributed by atoms with E-state index in [0.717, 1.165) is 0 Å². The molecule has 1 N–H and O–H groups in total. The molecule has 0 aliphatic carbocycles. The number of urea groups is 1. The van der Waals surface area contributed by atoms with Crippen LogP contribution >= 0.6 is 0 Å². The fourth-order valence-corrected chi connectivity index (χ4v) is 4.87. The Bertz CT molecular complexity index is 1160. The molecule has 8 nitrogen and oxygen atoms in total. The van der Waals surface area contributed by atoms with Crippen LogP contribution in [0.2, 0.25) is 0 Å². The fourth-order valence-electron chi connectivity index (χ4n) is 3.43. The Hall–Kier alpha value is -3.24. The molecule has 3 aromatic rings. The molecule has 1 saturated heterocycles. The SMILES string of the molecule is O=C(NCCc1coc(-c2ccc(F)cc2)n1)N1CCN(S(=O)(=O)c2ccccc2)CC1. The summed E-state index contributed by atoms with van der Waals surface area (Å²) in [4.78, 5) is 18.7. The third-order valence-electron chi connectivity index (χ3n) is 5.21. The molecule has 1 aliphatic rings. The minimum absolute atomic E-state index is 0.245. The zero-order valence-electron chi connectivity index (χ0n) is 17.3. The summed E-state index contributed by atoms with van der Waals surface area (Å²) in [6.07, 6.45) is 1.98. The Balaban J connectivity index is 1.24. The maximum absolute atomic E-state index is 13.0. The number of carbonyl (C=O) groups is 1. The number of carbonyl (C=O) groups excluding carboxylic acids is 1. The van der Waals surface area contributed by atoms with Crippen LogP contribution in [0.25, 0.3) is 11.5 Å². The molecule has 1 aliphatic heterocycles. The quantitative estimate of drug-likeness (QED) is 0.613. The monoisotopic (exact) mass is 458 g/mol. The number of halogens is 1. The van der Waals surface area contributed by atoms with Gasteiger partial charge in [0.05, 0.1) is 10.6 Å². The number of aromatic nitrogens is 1. The molecular weight excluding hydrogens is 435 g/mol. The molecule has 2 amide bonds. The molecule has 168 valence electrons. The van der Waals surface area contributed by atoms with Crippen LogP contribution in [0.4, 0.5) is 9.18 Å². The van der Waals surface area contributed by atoms with Crippen molar-refractivity contribution in [3.8, 4) is 11.5 Å². The van der Waals surface area contributed by atoms with Crippen LogP contribution < -0.4 is 5.32 Å². The van der Waals surface area contributed by atoms with E-state index in [1.807, 2.05) is 0 Å². The highest BCUT2D eigenvalue weighted by molar-refractivity contribution is 7.89. The van der Waals surface area contributed by atoms with Crippen molar-refractivity contribution in [2.24, 2.45) is 0 Å². The second-order valence-corrected chi connectivity index (χ2v) is 9.27. The van der Waals surface area contributed by atoms with Crippen molar-refractivity contribution in [3.63, 3.8) is 0 Å². The van der Waals surface area contributed by atoms with E-state index in [0.29, 0.717) is 43.2 Å². The number of nitrogens with zero attached hydrogens (tertiary/aromatic N) is 3. The molecule has 0 radical (unpaired) electrons. The van der Waals surface area contributed by atoms with Crippen molar-refractivity contribution in [3.05, 3.63) is 72.4 Å². The van der Waals surface area contributed by atoms with E-state index in [4.69, 9.17) is 4.42 Å². The lowest BCUT2D eigenvalue weighted by atomic mass is 10.2. The van der Waals surface area contributed by atoms with Gasteiger partial charge in [0, 0.05) is 44.7 Å². The lowest BCUT2D eigenvalue weighted by Gasteiger charge is -2.34. The molecular formula is C22H23FN4O4S. The smallest absolute Gasteiger partial charge is 0.317 e. The third kappa shape index (κ3) is 4.97. The van der Waals surface area contributed by atoms with E-state index in [1.54, 1.807) is 47.4 Å². The molecule has 0 bridgehead atoms. The van der Waals surface area contributed by atoms with Crippen LogP contribution in [0, 0.1) is 5.82 Å². The van der Waals surface area contributed by atoms with Gasteiger partial charge in [0.15, 0.2) is 0 Å². The van der Waals surface area contributed by atoms with Crippen LogP contribution in [0.1, 0.15) is 5.69 Å². The van der Waals surface area contributed by atoms with Crippen molar-refractivity contribution < 1.29 is 22.0 Å². The minimum atomic E-state index is -3.55. The van der Waals surface area contributed by atoms with Gasteiger partial charge in [0.2, 0.25) is 15.9 Å². The summed E-state index contributed by atoms with van der Waals surface area (Å²) in [7, 11) is -3.55. The normalized spacial score (nSPS) is 15.0. The van der Waals surface area contributed by atoms with E-state index < -0.39 is 10.0 Å². The summed E-state index contributed by atoms with van der Waals surface area (Å²) in [5.41, 5.74) is 1.34. The van der Waals surface area contributed by atoms with Gasteiger partial charge in [-0.2, -0.15) is 4.31 Å². The molecule has 0 unspecified atom stereocenters.